The fourth-order valence-corrected chi connectivity index (χ4v) is 1.20. The second-order valence-electron chi connectivity index (χ2n) is 3.31. The highest BCUT2D eigenvalue weighted by Gasteiger charge is 2.06. The van der Waals surface area contributed by atoms with Gasteiger partial charge in [0.15, 0.2) is 0 Å². The summed E-state index contributed by atoms with van der Waals surface area (Å²) in [6.45, 7) is 3.64. The molecule has 13 heavy (non-hydrogen) atoms. The summed E-state index contributed by atoms with van der Waals surface area (Å²) < 4.78 is 13.1. The topological polar surface area (TPSA) is 17.1 Å². The van der Waals surface area contributed by atoms with E-state index in [4.69, 9.17) is 0 Å². The van der Waals surface area contributed by atoms with Gasteiger partial charge in [-0.2, -0.15) is 0 Å². The molecule has 1 nitrogen and oxygen atoms in total. The van der Waals surface area contributed by atoms with E-state index in [-0.39, 0.29) is 11.7 Å². The number of carbonyl (C=O) groups is 1. The summed E-state index contributed by atoms with van der Waals surface area (Å²) in [6, 6.07) is 5.11. The fraction of sp³-hybridized carbons (Fsp3) is 0.364. The zero-order chi connectivity index (χ0) is 9.84. The molecule has 0 aliphatic carbocycles. The first-order chi connectivity index (χ1) is 6.15. The summed E-state index contributed by atoms with van der Waals surface area (Å²) in [5.41, 5.74) is 1.53. The molecule has 0 N–H and O–H groups in total. The fourth-order valence-electron chi connectivity index (χ4n) is 1.20. The van der Waals surface area contributed by atoms with Gasteiger partial charge in [0.2, 0.25) is 0 Å². The van der Waals surface area contributed by atoms with Crippen LogP contribution in [0, 0.1) is 12.7 Å². The summed E-state index contributed by atoms with van der Waals surface area (Å²) in [7, 11) is 0. The normalized spacial score (nSPS) is 12.5. The Hall–Kier alpha value is -1.18. The van der Waals surface area contributed by atoms with E-state index in [1.54, 1.807) is 13.0 Å². The number of rotatable bonds is 3. The molecule has 0 amide bonds. The van der Waals surface area contributed by atoms with E-state index < -0.39 is 0 Å². The zero-order valence-corrected chi connectivity index (χ0v) is 7.88. The molecule has 0 radical (unpaired) electrons. The van der Waals surface area contributed by atoms with Gasteiger partial charge < -0.3 is 4.79 Å². The largest absolute Gasteiger partial charge is 0.303 e. The lowest BCUT2D eigenvalue weighted by Crippen LogP contribution is -1.95. The van der Waals surface area contributed by atoms with Crippen LogP contribution in [0.5, 0.6) is 0 Å². The van der Waals surface area contributed by atoms with Gasteiger partial charge in [-0.15, -0.1) is 0 Å². The molecular weight excluding hydrogens is 167 g/mol. The third kappa shape index (κ3) is 2.38. The van der Waals surface area contributed by atoms with Crippen molar-refractivity contribution < 1.29 is 9.18 Å². The van der Waals surface area contributed by atoms with Gasteiger partial charge in [-0.25, -0.2) is 4.39 Å². The van der Waals surface area contributed by atoms with Crippen LogP contribution in [0.4, 0.5) is 4.39 Å². The summed E-state index contributed by atoms with van der Waals surface area (Å²) >= 11 is 0. The minimum atomic E-state index is -0.199. The zero-order valence-electron chi connectivity index (χ0n) is 7.88. The maximum atomic E-state index is 13.1. The second kappa shape index (κ2) is 4.17. The Bertz CT molecular complexity index is 307. The van der Waals surface area contributed by atoms with E-state index in [2.05, 4.69) is 0 Å². The summed E-state index contributed by atoms with van der Waals surface area (Å²) in [5, 5.41) is 0. The standard InChI is InChI=1S/C11H13FO/c1-8(5-6-13)10-4-3-9(2)11(12)7-10/h3-4,6-8H,5H2,1-2H3. The van der Waals surface area contributed by atoms with Crippen molar-refractivity contribution in [2.45, 2.75) is 26.2 Å². The van der Waals surface area contributed by atoms with Gasteiger partial charge in [-0.3, -0.25) is 0 Å². The van der Waals surface area contributed by atoms with E-state index in [9.17, 15) is 9.18 Å². The van der Waals surface area contributed by atoms with E-state index >= 15 is 0 Å². The number of halogens is 1. The molecule has 0 aromatic heterocycles. The van der Waals surface area contributed by atoms with Gasteiger partial charge in [0, 0.05) is 6.42 Å². The number of hydrogen-bond acceptors (Lipinski definition) is 1. The Morgan fingerprint density at radius 2 is 2.23 bits per heavy atom. The van der Waals surface area contributed by atoms with Crippen molar-refractivity contribution in [3.8, 4) is 0 Å². The van der Waals surface area contributed by atoms with Crippen LogP contribution in [-0.2, 0) is 4.79 Å². The molecule has 1 atom stereocenters. The average Bonchev–Trinajstić information content (AvgIpc) is 2.10. The lowest BCUT2D eigenvalue weighted by molar-refractivity contribution is -0.108. The van der Waals surface area contributed by atoms with Crippen LogP contribution in [0.3, 0.4) is 0 Å². The van der Waals surface area contributed by atoms with Crippen LogP contribution >= 0.6 is 0 Å². The molecule has 70 valence electrons. The van der Waals surface area contributed by atoms with E-state index in [1.165, 1.54) is 6.07 Å². The number of benzene rings is 1. The van der Waals surface area contributed by atoms with Gasteiger partial charge in [0.25, 0.3) is 0 Å². The number of hydrogen-bond donors (Lipinski definition) is 0. The maximum absolute atomic E-state index is 13.1. The molecule has 1 rings (SSSR count). The van der Waals surface area contributed by atoms with Crippen LogP contribution in [-0.4, -0.2) is 6.29 Å². The summed E-state index contributed by atoms with van der Waals surface area (Å²) in [6.07, 6.45) is 1.31. The molecule has 2 heteroatoms. The van der Waals surface area contributed by atoms with Crippen molar-refractivity contribution in [3.63, 3.8) is 0 Å². The highest BCUT2D eigenvalue weighted by atomic mass is 19.1. The molecule has 1 aromatic rings. The quantitative estimate of drug-likeness (QED) is 0.654. The smallest absolute Gasteiger partial charge is 0.126 e. The van der Waals surface area contributed by atoms with Crippen molar-refractivity contribution in [3.05, 3.63) is 35.1 Å². The lowest BCUT2D eigenvalue weighted by atomic mass is 9.97. The Kier molecular flexibility index (Phi) is 3.18. The molecule has 1 unspecified atom stereocenters. The number of aryl methyl sites for hydroxylation is 1. The predicted octanol–water partition coefficient (Wildman–Crippen LogP) is 2.83. The van der Waals surface area contributed by atoms with Crippen LogP contribution in [0.2, 0.25) is 0 Å². The molecule has 0 aliphatic heterocycles. The molecule has 0 heterocycles. The molecule has 1 aromatic carbocycles. The molecular formula is C11H13FO. The summed E-state index contributed by atoms with van der Waals surface area (Å²) in [4.78, 5) is 10.2. The van der Waals surface area contributed by atoms with Crippen molar-refractivity contribution >= 4 is 6.29 Å². The number of carbonyl (C=O) groups excluding carboxylic acids is 1. The highest BCUT2D eigenvalue weighted by Crippen LogP contribution is 2.19. The first-order valence-electron chi connectivity index (χ1n) is 4.35. The highest BCUT2D eigenvalue weighted by molar-refractivity contribution is 5.51. The molecule has 0 bridgehead atoms. The minimum absolute atomic E-state index is 0.104. The predicted molar refractivity (Wildman–Crippen MR) is 50.2 cm³/mol. The Morgan fingerprint density at radius 3 is 2.77 bits per heavy atom. The Labute approximate surface area is 77.6 Å². The van der Waals surface area contributed by atoms with Gasteiger partial charge in [0.05, 0.1) is 0 Å². The maximum Gasteiger partial charge on any atom is 0.126 e. The van der Waals surface area contributed by atoms with E-state index in [0.717, 1.165) is 11.8 Å². The lowest BCUT2D eigenvalue weighted by Gasteiger charge is -2.08. The first kappa shape index (κ1) is 9.90. The Morgan fingerprint density at radius 1 is 1.54 bits per heavy atom. The third-order valence-corrected chi connectivity index (χ3v) is 2.21. The third-order valence-electron chi connectivity index (χ3n) is 2.21. The van der Waals surface area contributed by atoms with Gasteiger partial charge in [-0.1, -0.05) is 19.1 Å². The van der Waals surface area contributed by atoms with Gasteiger partial charge >= 0.3 is 0 Å². The molecule has 0 saturated heterocycles. The monoisotopic (exact) mass is 180 g/mol. The first-order valence-corrected chi connectivity index (χ1v) is 4.35. The SMILES string of the molecule is Cc1ccc(C(C)CC=O)cc1F. The molecule has 0 saturated carbocycles. The van der Waals surface area contributed by atoms with Gasteiger partial charge in [0.1, 0.15) is 12.1 Å². The van der Waals surface area contributed by atoms with E-state index in [0.29, 0.717) is 12.0 Å². The van der Waals surface area contributed by atoms with Crippen LogP contribution in [0.25, 0.3) is 0 Å². The van der Waals surface area contributed by atoms with Gasteiger partial charge in [-0.05, 0) is 30.0 Å². The van der Waals surface area contributed by atoms with Crippen LogP contribution in [0.1, 0.15) is 30.4 Å². The Balaban J connectivity index is 2.89. The van der Waals surface area contributed by atoms with Crippen LogP contribution < -0.4 is 0 Å². The van der Waals surface area contributed by atoms with Crippen molar-refractivity contribution in [1.29, 1.82) is 0 Å². The molecule has 0 spiro atoms. The average molecular weight is 180 g/mol. The van der Waals surface area contributed by atoms with Crippen molar-refractivity contribution in [2.75, 3.05) is 0 Å². The number of aldehydes is 1. The van der Waals surface area contributed by atoms with E-state index in [1.807, 2.05) is 13.0 Å². The van der Waals surface area contributed by atoms with Crippen molar-refractivity contribution in [2.24, 2.45) is 0 Å². The minimum Gasteiger partial charge on any atom is -0.303 e. The molecule has 0 fully saturated rings. The van der Waals surface area contributed by atoms with Crippen molar-refractivity contribution in [1.82, 2.24) is 0 Å². The molecule has 0 aliphatic rings. The second-order valence-corrected chi connectivity index (χ2v) is 3.31. The summed E-state index contributed by atoms with van der Waals surface area (Å²) in [5.74, 6) is -0.0946. The van der Waals surface area contributed by atoms with Crippen LogP contribution in [0.15, 0.2) is 18.2 Å².